The third-order valence-corrected chi connectivity index (χ3v) is 3.22. The lowest BCUT2D eigenvalue weighted by atomic mass is 10.0. The minimum atomic E-state index is -0.295. The van der Waals surface area contributed by atoms with Crippen molar-refractivity contribution < 1.29 is 8.81 Å². The summed E-state index contributed by atoms with van der Waals surface area (Å²) in [4.78, 5) is 0. The highest BCUT2D eigenvalue weighted by atomic mass is 35.5. The zero-order valence-corrected chi connectivity index (χ0v) is 10.7. The lowest BCUT2D eigenvalue weighted by Crippen LogP contribution is -2.24. The highest BCUT2D eigenvalue weighted by Crippen LogP contribution is 2.21. The molecule has 2 N–H and O–H groups in total. The summed E-state index contributed by atoms with van der Waals surface area (Å²) >= 11 is 5.96. The first-order valence-electron chi connectivity index (χ1n) is 5.87. The first kappa shape index (κ1) is 13.1. The Bertz CT molecular complexity index is 478. The summed E-state index contributed by atoms with van der Waals surface area (Å²) < 4.78 is 18.8. The summed E-state index contributed by atoms with van der Waals surface area (Å²) in [6, 6.07) is 8.29. The van der Waals surface area contributed by atoms with Crippen LogP contribution in [0.3, 0.4) is 0 Å². The van der Waals surface area contributed by atoms with Crippen molar-refractivity contribution in [2.45, 2.75) is 25.3 Å². The summed E-state index contributed by atoms with van der Waals surface area (Å²) in [6.45, 7) is 0. The average Bonchev–Trinajstić information content (AvgIpc) is 2.84. The Balaban J connectivity index is 1.92. The van der Waals surface area contributed by atoms with Gasteiger partial charge in [-0.15, -0.1) is 0 Å². The van der Waals surface area contributed by atoms with Crippen LogP contribution in [-0.2, 0) is 12.8 Å². The fraction of sp³-hybridized carbons (Fsp3) is 0.286. The van der Waals surface area contributed by atoms with E-state index >= 15 is 0 Å². The van der Waals surface area contributed by atoms with E-state index in [-0.39, 0.29) is 11.9 Å². The van der Waals surface area contributed by atoms with Gasteiger partial charge in [0.2, 0.25) is 0 Å². The normalized spacial score (nSPS) is 12.6. The number of benzene rings is 1. The molecule has 1 heterocycles. The average molecular weight is 268 g/mol. The molecule has 0 bridgehead atoms. The second-order valence-electron chi connectivity index (χ2n) is 4.28. The second kappa shape index (κ2) is 6.03. The summed E-state index contributed by atoms with van der Waals surface area (Å²) in [5.74, 6) is 0.598. The van der Waals surface area contributed by atoms with Gasteiger partial charge in [-0.25, -0.2) is 4.39 Å². The summed E-state index contributed by atoms with van der Waals surface area (Å²) in [6.07, 6.45) is 3.55. The molecule has 1 aromatic heterocycles. The van der Waals surface area contributed by atoms with Crippen LogP contribution in [-0.4, -0.2) is 6.04 Å². The maximum Gasteiger partial charge on any atom is 0.127 e. The molecule has 2 nitrogen and oxygen atoms in total. The van der Waals surface area contributed by atoms with Gasteiger partial charge in [0.25, 0.3) is 0 Å². The van der Waals surface area contributed by atoms with Crippen molar-refractivity contribution in [2.75, 3.05) is 0 Å². The smallest absolute Gasteiger partial charge is 0.127 e. The molecule has 1 unspecified atom stereocenters. The van der Waals surface area contributed by atoms with E-state index < -0.39 is 0 Å². The highest BCUT2D eigenvalue weighted by Gasteiger charge is 2.12. The summed E-state index contributed by atoms with van der Waals surface area (Å²) in [5, 5.41) is 0.434. The molecule has 2 aromatic rings. The fourth-order valence-electron chi connectivity index (χ4n) is 1.87. The molecule has 0 spiro atoms. The Kier molecular flexibility index (Phi) is 4.39. The van der Waals surface area contributed by atoms with Gasteiger partial charge >= 0.3 is 0 Å². The van der Waals surface area contributed by atoms with E-state index in [4.69, 9.17) is 21.8 Å². The molecule has 96 valence electrons. The van der Waals surface area contributed by atoms with E-state index in [1.165, 1.54) is 6.07 Å². The van der Waals surface area contributed by atoms with Gasteiger partial charge in [-0.2, -0.15) is 0 Å². The number of furan rings is 1. The van der Waals surface area contributed by atoms with Crippen LogP contribution < -0.4 is 5.73 Å². The van der Waals surface area contributed by atoms with Gasteiger partial charge in [-0.05, 0) is 37.1 Å². The van der Waals surface area contributed by atoms with E-state index in [1.54, 1.807) is 18.4 Å². The first-order chi connectivity index (χ1) is 8.66. The largest absolute Gasteiger partial charge is 0.469 e. The van der Waals surface area contributed by atoms with Gasteiger partial charge in [-0.3, -0.25) is 0 Å². The van der Waals surface area contributed by atoms with Gasteiger partial charge in [0.15, 0.2) is 0 Å². The molecule has 0 aliphatic carbocycles. The monoisotopic (exact) mass is 267 g/mol. The van der Waals surface area contributed by atoms with Gasteiger partial charge < -0.3 is 10.2 Å². The van der Waals surface area contributed by atoms with Crippen molar-refractivity contribution in [3.63, 3.8) is 0 Å². The Morgan fingerprint density at radius 3 is 2.78 bits per heavy atom. The molecule has 0 aliphatic heterocycles. The van der Waals surface area contributed by atoms with Gasteiger partial charge in [0.05, 0.1) is 6.26 Å². The number of hydrogen-bond acceptors (Lipinski definition) is 2. The Labute approximate surface area is 111 Å². The van der Waals surface area contributed by atoms with Crippen LogP contribution in [0.4, 0.5) is 4.39 Å². The standard InChI is InChI=1S/C14H15ClFNO/c15-13-4-1-5-14(16)12(13)9-10(17)6-7-11-3-2-8-18-11/h1-5,8,10H,6-7,9,17H2. The molecule has 0 saturated heterocycles. The molecule has 0 fully saturated rings. The van der Waals surface area contributed by atoms with Crippen LogP contribution in [0.5, 0.6) is 0 Å². The molecule has 0 radical (unpaired) electrons. The zero-order valence-electron chi connectivity index (χ0n) is 9.90. The number of halogens is 2. The van der Waals surface area contributed by atoms with E-state index in [0.717, 1.165) is 18.6 Å². The van der Waals surface area contributed by atoms with Crippen LogP contribution in [0.25, 0.3) is 0 Å². The third kappa shape index (κ3) is 3.34. The van der Waals surface area contributed by atoms with Crippen molar-refractivity contribution in [3.05, 3.63) is 58.8 Å². The third-order valence-electron chi connectivity index (χ3n) is 2.87. The van der Waals surface area contributed by atoms with Crippen LogP contribution in [0, 0.1) is 5.82 Å². The molecule has 2 rings (SSSR count). The van der Waals surface area contributed by atoms with E-state index in [9.17, 15) is 4.39 Å². The van der Waals surface area contributed by atoms with Gasteiger partial charge in [0, 0.05) is 23.0 Å². The van der Waals surface area contributed by atoms with Crippen LogP contribution in [0.2, 0.25) is 5.02 Å². The van der Waals surface area contributed by atoms with Crippen molar-refractivity contribution in [3.8, 4) is 0 Å². The van der Waals surface area contributed by atoms with Crippen molar-refractivity contribution in [1.29, 1.82) is 0 Å². The van der Waals surface area contributed by atoms with E-state index in [1.807, 2.05) is 12.1 Å². The molecule has 0 amide bonds. The molecular formula is C14H15ClFNO. The van der Waals surface area contributed by atoms with Crippen LogP contribution in [0.15, 0.2) is 41.0 Å². The van der Waals surface area contributed by atoms with Crippen molar-refractivity contribution >= 4 is 11.6 Å². The quantitative estimate of drug-likeness (QED) is 0.899. The van der Waals surface area contributed by atoms with Crippen molar-refractivity contribution in [1.82, 2.24) is 0 Å². The molecule has 18 heavy (non-hydrogen) atoms. The molecule has 1 aromatic carbocycles. The Morgan fingerprint density at radius 2 is 2.11 bits per heavy atom. The second-order valence-corrected chi connectivity index (χ2v) is 4.69. The van der Waals surface area contributed by atoms with Crippen LogP contribution >= 0.6 is 11.6 Å². The zero-order chi connectivity index (χ0) is 13.0. The number of rotatable bonds is 5. The first-order valence-corrected chi connectivity index (χ1v) is 6.25. The minimum absolute atomic E-state index is 0.135. The number of hydrogen-bond donors (Lipinski definition) is 1. The molecule has 4 heteroatoms. The summed E-state index contributed by atoms with van der Waals surface area (Å²) in [5.41, 5.74) is 6.48. The predicted octanol–water partition coefficient (Wildman–Crippen LogP) is 3.57. The predicted molar refractivity (Wildman–Crippen MR) is 70.1 cm³/mol. The summed E-state index contributed by atoms with van der Waals surface area (Å²) in [7, 11) is 0. The van der Waals surface area contributed by atoms with Gasteiger partial charge in [0.1, 0.15) is 11.6 Å². The number of nitrogens with two attached hydrogens (primary N) is 1. The Hall–Kier alpha value is -1.32. The van der Waals surface area contributed by atoms with Gasteiger partial charge in [-0.1, -0.05) is 17.7 Å². The Morgan fingerprint density at radius 1 is 1.28 bits per heavy atom. The minimum Gasteiger partial charge on any atom is -0.469 e. The maximum atomic E-state index is 13.6. The maximum absolute atomic E-state index is 13.6. The van der Waals surface area contributed by atoms with E-state index in [0.29, 0.717) is 17.0 Å². The topological polar surface area (TPSA) is 39.2 Å². The number of aryl methyl sites for hydroxylation is 1. The molecule has 0 aliphatic rings. The lowest BCUT2D eigenvalue weighted by Gasteiger charge is -2.12. The lowest BCUT2D eigenvalue weighted by molar-refractivity contribution is 0.481. The van der Waals surface area contributed by atoms with Crippen LogP contribution in [0.1, 0.15) is 17.7 Å². The SMILES string of the molecule is NC(CCc1ccco1)Cc1c(F)cccc1Cl. The molecule has 0 saturated carbocycles. The van der Waals surface area contributed by atoms with Crippen molar-refractivity contribution in [2.24, 2.45) is 5.73 Å². The fourth-order valence-corrected chi connectivity index (χ4v) is 2.11. The highest BCUT2D eigenvalue weighted by molar-refractivity contribution is 6.31. The molecule has 1 atom stereocenters. The van der Waals surface area contributed by atoms with E-state index in [2.05, 4.69) is 0 Å². The molecular weight excluding hydrogens is 253 g/mol.